The van der Waals surface area contributed by atoms with Gasteiger partial charge in [-0.15, -0.1) is 0 Å². The van der Waals surface area contributed by atoms with Crippen molar-refractivity contribution in [3.8, 4) is 5.75 Å². The lowest BCUT2D eigenvalue weighted by Gasteiger charge is -2.29. The number of carbonyl (C=O) groups excluding carboxylic acids is 1. The zero-order valence-electron chi connectivity index (χ0n) is 15.9. The van der Waals surface area contributed by atoms with Crippen LogP contribution in [0.5, 0.6) is 5.75 Å². The standard InChI is InChI=1S/C23H28N2O2/c1-16-4-2-6-18(10-16)15-27-22-7-3-5-17(11-22)12-23(26)25-21-13-19-8-9-20(14-21)24-19/h2-7,10-11,19-21,24H,8-9,12-15H2,1H3,(H,25,26). The van der Waals surface area contributed by atoms with Crippen molar-refractivity contribution in [2.75, 3.05) is 0 Å². The highest BCUT2D eigenvalue weighted by atomic mass is 16.5. The van der Waals surface area contributed by atoms with Gasteiger partial charge in [-0.05, 0) is 55.9 Å². The van der Waals surface area contributed by atoms with Crippen LogP contribution in [-0.4, -0.2) is 24.0 Å². The average molecular weight is 364 g/mol. The van der Waals surface area contributed by atoms with E-state index in [1.54, 1.807) is 0 Å². The Morgan fingerprint density at radius 3 is 2.59 bits per heavy atom. The normalized spacial score (nSPS) is 23.8. The van der Waals surface area contributed by atoms with Crippen molar-refractivity contribution in [2.45, 2.75) is 63.8 Å². The van der Waals surface area contributed by atoms with Gasteiger partial charge < -0.3 is 15.4 Å². The number of benzene rings is 2. The maximum atomic E-state index is 12.5. The van der Waals surface area contributed by atoms with E-state index in [-0.39, 0.29) is 5.91 Å². The zero-order valence-corrected chi connectivity index (χ0v) is 15.9. The Balaban J connectivity index is 1.30. The minimum absolute atomic E-state index is 0.108. The van der Waals surface area contributed by atoms with E-state index >= 15 is 0 Å². The zero-order chi connectivity index (χ0) is 18.6. The molecule has 4 rings (SSSR count). The highest BCUT2D eigenvalue weighted by Gasteiger charge is 2.33. The van der Waals surface area contributed by atoms with Crippen molar-refractivity contribution in [3.05, 3.63) is 65.2 Å². The quantitative estimate of drug-likeness (QED) is 0.825. The van der Waals surface area contributed by atoms with Crippen LogP contribution < -0.4 is 15.4 Å². The van der Waals surface area contributed by atoms with E-state index in [9.17, 15) is 4.79 Å². The second-order valence-electron chi connectivity index (χ2n) is 7.98. The van der Waals surface area contributed by atoms with Gasteiger partial charge in [-0.25, -0.2) is 0 Å². The smallest absolute Gasteiger partial charge is 0.224 e. The van der Waals surface area contributed by atoms with Crippen LogP contribution in [0, 0.1) is 6.92 Å². The molecule has 2 atom stereocenters. The third-order valence-electron chi connectivity index (χ3n) is 5.59. The molecule has 0 radical (unpaired) electrons. The Bertz CT molecular complexity index is 792. The van der Waals surface area contributed by atoms with Gasteiger partial charge in [0.05, 0.1) is 6.42 Å². The van der Waals surface area contributed by atoms with E-state index in [4.69, 9.17) is 4.74 Å². The number of aryl methyl sites for hydroxylation is 1. The Hall–Kier alpha value is -2.33. The molecule has 2 saturated heterocycles. The molecule has 2 aromatic carbocycles. The average Bonchev–Trinajstić information content (AvgIpc) is 2.99. The second-order valence-corrected chi connectivity index (χ2v) is 7.98. The number of ether oxygens (including phenoxy) is 1. The Morgan fingerprint density at radius 2 is 1.81 bits per heavy atom. The predicted octanol–water partition coefficient (Wildman–Crippen LogP) is 3.52. The molecule has 142 valence electrons. The van der Waals surface area contributed by atoms with E-state index < -0.39 is 0 Å². The molecule has 4 nitrogen and oxygen atoms in total. The number of hydrogen-bond acceptors (Lipinski definition) is 3. The highest BCUT2D eigenvalue weighted by Crippen LogP contribution is 2.26. The Morgan fingerprint density at radius 1 is 1.07 bits per heavy atom. The van der Waals surface area contributed by atoms with Gasteiger partial charge in [0, 0.05) is 18.1 Å². The molecule has 2 unspecified atom stereocenters. The first-order valence-electron chi connectivity index (χ1n) is 9.97. The molecule has 2 aliphatic rings. The fraction of sp³-hybridized carbons (Fsp3) is 0.435. The van der Waals surface area contributed by atoms with Crippen molar-refractivity contribution in [1.29, 1.82) is 0 Å². The highest BCUT2D eigenvalue weighted by molar-refractivity contribution is 5.79. The fourth-order valence-corrected chi connectivity index (χ4v) is 4.35. The molecule has 27 heavy (non-hydrogen) atoms. The van der Waals surface area contributed by atoms with E-state index in [1.165, 1.54) is 18.4 Å². The van der Waals surface area contributed by atoms with E-state index in [0.29, 0.717) is 31.2 Å². The Kier molecular flexibility index (Phi) is 5.44. The first kappa shape index (κ1) is 18.1. The van der Waals surface area contributed by atoms with Gasteiger partial charge in [-0.3, -0.25) is 4.79 Å². The lowest BCUT2D eigenvalue weighted by molar-refractivity contribution is -0.121. The molecule has 2 heterocycles. The lowest BCUT2D eigenvalue weighted by atomic mass is 9.99. The molecule has 2 bridgehead atoms. The first-order chi connectivity index (χ1) is 13.1. The molecule has 0 saturated carbocycles. The third-order valence-corrected chi connectivity index (χ3v) is 5.59. The van der Waals surface area contributed by atoms with Gasteiger partial charge in [-0.1, -0.05) is 42.0 Å². The number of piperidine rings is 1. The summed E-state index contributed by atoms with van der Waals surface area (Å²) in [6.07, 6.45) is 5.01. The fourth-order valence-electron chi connectivity index (χ4n) is 4.35. The largest absolute Gasteiger partial charge is 0.489 e. The van der Waals surface area contributed by atoms with Gasteiger partial charge in [0.1, 0.15) is 12.4 Å². The van der Waals surface area contributed by atoms with Gasteiger partial charge in [-0.2, -0.15) is 0 Å². The Labute approximate surface area is 161 Å². The van der Waals surface area contributed by atoms with Crippen LogP contribution in [0.4, 0.5) is 0 Å². The summed E-state index contributed by atoms with van der Waals surface area (Å²) in [6.45, 7) is 2.62. The van der Waals surface area contributed by atoms with Crippen molar-refractivity contribution >= 4 is 5.91 Å². The van der Waals surface area contributed by atoms with E-state index in [2.05, 4.69) is 35.8 Å². The number of amides is 1. The van der Waals surface area contributed by atoms with Gasteiger partial charge >= 0.3 is 0 Å². The van der Waals surface area contributed by atoms with Crippen LogP contribution >= 0.6 is 0 Å². The maximum Gasteiger partial charge on any atom is 0.224 e. The van der Waals surface area contributed by atoms with Crippen LogP contribution in [0.15, 0.2) is 48.5 Å². The van der Waals surface area contributed by atoms with Crippen LogP contribution in [0.25, 0.3) is 0 Å². The number of carbonyl (C=O) groups is 1. The maximum absolute atomic E-state index is 12.5. The SMILES string of the molecule is Cc1cccc(COc2cccc(CC(=O)NC3CC4CCC(C3)N4)c2)c1. The molecular weight excluding hydrogens is 336 g/mol. The van der Waals surface area contributed by atoms with Crippen LogP contribution in [0.1, 0.15) is 42.4 Å². The summed E-state index contributed by atoms with van der Waals surface area (Å²) < 4.78 is 5.92. The van der Waals surface area contributed by atoms with E-state index in [0.717, 1.165) is 29.7 Å². The summed E-state index contributed by atoms with van der Waals surface area (Å²) in [5.41, 5.74) is 3.37. The first-order valence-corrected chi connectivity index (χ1v) is 9.97. The number of nitrogens with one attached hydrogen (secondary N) is 2. The molecule has 2 N–H and O–H groups in total. The number of hydrogen-bond donors (Lipinski definition) is 2. The molecule has 0 spiro atoms. The van der Waals surface area contributed by atoms with Crippen molar-refractivity contribution in [1.82, 2.24) is 10.6 Å². The van der Waals surface area contributed by atoms with E-state index in [1.807, 2.05) is 30.3 Å². The van der Waals surface area contributed by atoms with Crippen LogP contribution in [0.2, 0.25) is 0 Å². The van der Waals surface area contributed by atoms with Crippen molar-refractivity contribution in [3.63, 3.8) is 0 Å². The monoisotopic (exact) mass is 364 g/mol. The third kappa shape index (κ3) is 4.89. The topological polar surface area (TPSA) is 50.4 Å². The molecule has 4 heteroatoms. The minimum atomic E-state index is 0.108. The molecule has 0 aromatic heterocycles. The van der Waals surface area contributed by atoms with Crippen molar-refractivity contribution < 1.29 is 9.53 Å². The summed E-state index contributed by atoms with van der Waals surface area (Å²) in [4.78, 5) is 12.5. The van der Waals surface area contributed by atoms with Gasteiger partial charge in [0.15, 0.2) is 0 Å². The molecule has 1 amide bonds. The van der Waals surface area contributed by atoms with Crippen molar-refractivity contribution in [2.24, 2.45) is 0 Å². The summed E-state index contributed by atoms with van der Waals surface area (Å²) in [6, 6.07) is 17.7. The summed E-state index contributed by atoms with van der Waals surface area (Å²) in [5, 5.41) is 6.85. The second kappa shape index (κ2) is 8.13. The molecule has 2 aromatic rings. The predicted molar refractivity (Wildman–Crippen MR) is 107 cm³/mol. The minimum Gasteiger partial charge on any atom is -0.489 e. The van der Waals surface area contributed by atoms with Crippen LogP contribution in [-0.2, 0) is 17.8 Å². The summed E-state index contributed by atoms with van der Waals surface area (Å²) >= 11 is 0. The molecule has 2 aliphatic heterocycles. The number of rotatable bonds is 6. The van der Waals surface area contributed by atoms with Crippen LogP contribution in [0.3, 0.4) is 0 Å². The number of fused-ring (bicyclic) bond motifs is 2. The molecule has 0 aliphatic carbocycles. The lowest BCUT2D eigenvalue weighted by Crippen LogP contribution is -2.48. The van der Waals surface area contributed by atoms with Gasteiger partial charge in [0.2, 0.25) is 5.91 Å². The summed E-state index contributed by atoms with van der Waals surface area (Å²) in [7, 11) is 0. The summed E-state index contributed by atoms with van der Waals surface area (Å²) in [5.74, 6) is 0.916. The van der Waals surface area contributed by atoms with Gasteiger partial charge in [0.25, 0.3) is 0 Å². The molecular formula is C23H28N2O2. The molecule has 2 fully saturated rings.